The van der Waals surface area contributed by atoms with Crippen LogP contribution in [0.15, 0.2) is 24.3 Å². The van der Waals surface area contributed by atoms with Gasteiger partial charge in [0.15, 0.2) is 6.61 Å². The van der Waals surface area contributed by atoms with Gasteiger partial charge in [0.1, 0.15) is 5.75 Å². The number of sulfonamides is 1. The highest BCUT2D eigenvalue weighted by atomic mass is 32.2. The van der Waals surface area contributed by atoms with E-state index >= 15 is 0 Å². The zero-order valence-corrected chi connectivity index (χ0v) is 12.7. The second-order valence-corrected chi connectivity index (χ2v) is 6.89. The van der Waals surface area contributed by atoms with Crippen molar-refractivity contribution in [3.05, 3.63) is 24.3 Å². The predicted molar refractivity (Wildman–Crippen MR) is 79.3 cm³/mol. The normalized spacial score (nSPS) is 16.7. The molecule has 0 unspecified atom stereocenters. The third kappa shape index (κ3) is 4.33. The number of nitrogen functional groups attached to an aromatic ring is 1. The smallest absolute Gasteiger partial charge is 0.260 e. The molecule has 2 N–H and O–H groups in total. The molecule has 0 spiro atoms. The van der Waals surface area contributed by atoms with E-state index in [0.29, 0.717) is 37.6 Å². The minimum atomic E-state index is -3.18. The molecule has 1 aromatic rings. The summed E-state index contributed by atoms with van der Waals surface area (Å²) in [6.07, 6.45) is 1.17. The first-order valence-corrected chi connectivity index (χ1v) is 8.42. The zero-order chi connectivity index (χ0) is 15.5. The Labute approximate surface area is 124 Å². The van der Waals surface area contributed by atoms with Crippen LogP contribution in [0, 0.1) is 0 Å². The molecule has 0 saturated carbocycles. The lowest BCUT2D eigenvalue weighted by Crippen LogP contribution is -2.51. The number of rotatable bonds is 4. The minimum Gasteiger partial charge on any atom is -0.484 e. The van der Waals surface area contributed by atoms with Crippen molar-refractivity contribution in [2.45, 2.75) is 0 Å². The number of ether oxygens (including phenoxy) is 1. The third-order valence-corrected chi connectivity index (χ3v) is 4.58. The van der Waals surface area contributed by atoms with Gasteiger partial charge in [0.25, 0.3) is 5.91 Å². The van der Waals surface area contributed by atoms with Gasteiger partial charge in [0.2, 0.25) is 10.0 Å². The van der Waals surface area contributed by atoms with Gasteiger partial charge < -0.3 is 15.4 Å². The van der Waals surface area contributed by atoms with Gasteiger partial charge in [-0.15, -0.1) is 0 Å². The number of anilines is 1. The molecule has 8 heteroatoms. The topological polar surface area (TPSA) is 92.9 Å². The van der Waals surface area contributed by atoms with Crippen LogP contribution in [-0.2, 0) is 14.8 Å². The molecule has 1 saturated heterocycles. The van der Waals surface area contributed by atoms with Gasteiger partial charge in [-0.25, -0.2) is 8.42 Å². The number of carbonyl (C=O) groups is 1. The highest BCUT2D eigenvalue weighted by molar-refractivity contribution is 7.88. The summed E-state index contributed by atoms with van der Waals surface area (Å²) in [5, 5.41) is 0. The third-order valence-electron chi connectivity index (χ3n) is 3.28. The molecule has 116 valence electrons. The summed E-state index contributed by atoms with van der Waals surface area (Å²) in [4.78, 5) is 13.6. The van der Waals surface area contributed by atoms with Gasteiger partial charge in [-0.1, -0.05) is 6.07 Å². The second-order valence-electron chi connectivity index (χ2n) is 4.90. The van der Waals surface area contributed by atoms with E-state index in [1.807, 2.05) is 0 Å². The van der Waals surface area contributed by atoms with Crippen LogP contribution in [-0.4, -0.2) is 62.6 Å². The number of nitrogens with two attached hydrogens (primary N) is 1. The van der Waals surface area contributed by atoms with E-state index in [1.54, 1.807) is 29.2 Å². The Kier molecular flexibility index (Phi) is 4.69. The van der Waals surface area contributed by atoms with E-state index in [1.165, 1.54) is 10.6 Å². The van der Waals surface area contributed by atoms with Crippen LogP contribution in [0.3, 0.4) is 0 Å². The van der Waals surface area contributed by atoms with E-state index in [4.69, 9.17) is 10.5 Å². The summed E-state index contributed by atoms with van der Waals surface area (Å²) in [5.74, 6) is 0.378. The summed E-state index contributed by atoms with van der Waals surface area (Å²) in [6, 6.07) is 6.86. The largest absolute Gasteiger partial charge is 0.484 e. The maximum atomic E-state index is 12.0. The molecular formula is C13H19N3O4S. The quantitative estimate of drug-likeness (QED) is 0.774. The first-order chi connectivity index (χ1) is 9.86. The Morgan fingerprint density at radius 2 is 1.95 bits per heavy atom. The zero-order valence-electron chi connectivity index (χ0n) is 11.9. The van der Waals surface area contributed by atoms with Crippen molar-refractivity contribution in [1.82, 2.24) is 9.21 Å². The van der Waals surface area contributed by atoms with E-state index in [0.717, 1.165) is 0 Å². The molecule has 0 radical (unpaired) electrons. The summed E-state index contributed by atoms with van der Waals surface area (Å²) >= 11 is 0. The van der Waals surface area contributed by atoms with Crippen molar-refractivity contribution in [3.63, 3.8) is 0 Å². The molecule has 1 aliphatic rings. The van der Waals surface area contributed by atoms with Crippen LogP contribution < -0.4 is 10.5 Å². The molecule has 0 bridgehead atoms. The first-order valence-electron chi connectivity index (χ1n) is 6.57. The van der Waals surface area contributed by atoms with Crippen molar-refractivity contribution in [3.8, 4) is 5.75 Å². The molecule has 0 atom stereocenters. The standard InChI is InChI=1S/C13H19N3O4S/c1-21(18,19)16-7-5-15(6-8-16)13(17)10-20-12-4-2-3-11(14)9-12/h2-4,9H,5-8,10,14H2,1H3. The molecule has 1 heterocycles. The Bertz CT molecular complexity index is 610. The van der Waals surface area contributed by atoms with Crippen LogP contribution >= 0.6 is 0 Å². The summed E-state index contributed by atoms with van der Waals surface area (Å²) in [7, 11) is -3.18. The highest BCUT2D eigenvalue weighted by Crippen LogP contribution is 2.14. The maximum Gasteiger partial charge on any atom is 0.260 e. The lowest BCUT2D eigenvalue weighted by Gasteiger charge is -2.33. The number of carbonyl (C=O) groups excluding carboxylic acids is 1. The number of hydrogen-bond donors (Lipinski definition) is 1. The molecule has 0 aromatic heterocycles. The number of benzene rings is 1. The Hall–Kier alpha value is -1.80. The van der Waals surface area contributed by atoms with Crippen molar-refractivity contribution < 1.29 is 17.9 Å². The van der Waals surface area contributed by atoms with E-state index in [9.17, 15) is 13.2 Å². The molecule has 0 aliphatic carbocycles. The van der Waals surface area contributed by atoms with E-state index in [-0.39, 0.29) is 12.5 Å². The highest BCUT2D eigenvalue weighted by Gasteiger charge is 2.26. The van der Waals surface area contributed by atoms with Crippen LogP contribution in [0.4, 0.5) is 5.69 Å². The molecular weight excluding hydrogens is 294 g/mol. The average Bonchev–Trinajstić information content (AvgIpc) is 2.44. The molecule has 1 fully saturated rings. The molecule has 1 aromatic carbocycles. The molecule has 1 amide bonds. The van der Waals surface area contributed by atoms with Gasteiger partial charge in [-0.2, -0.15) is 4.31 Å². The first kappa shape index (κ1) is 15.6. The lowest BCUT2D eigenvalue weighted by molar-refractivity contribution is -0.134. The molecule has 1 aliphatic heterocycles. The van der Waals surface area contributed by atoms with Crippen LogP contribution in [0.1, 0.15) is 0 Å². The van der Waals surface area contributed by atoms with Gasteiger partial charge in [0.05, 0.1) is 6.26 Å². The fraction of sp³-hybridized carbons (Fsp3) is 0.462. The minimum absolute atomic E-state index is 0.0810. The number of hydrogen-bond acceptors (Lipinski definition) is 5. The number of nitrogens with zero attached hydrogens (tertiary/aromatic N) is 2. The fourth-order valence-electron chi connectivity index (χ4n) is 2.11. The van der Waals surface area contributed by atoms with Crippen LogP contribution in [0.25, 0.3) is 0 Å². The molecule has 21 heavy (non-hydrogen) atoms. The lowest BCUT2D eigenvalue weighted by atomic mass is 10.3. The van der Waals surface area contributed by atoms with Crippen LogP contribution in [0.2, 0.25) is 0 Å². The summed E-state index contributed by atoms with van der Waals surface area (Å²) in [5.41, 5.74) is 6.20. The maximum absolute atomic E-state index is 12.0. The Morgan fingerprint density at radius 3 is 2.52 bits per heavy atom. The van der Waals surface area contributed by atoms with Crippen molar-refractivity contribution >= 4 is 21.6 Å². The van der Waals surface area contributed by atoms with Gasteiger partial charge in [-0.3, -0.25) is 4.79 Å². The Balaban J connectivity index is 1.83. The van der Waals surface area contributed by atoms with Gasteiger partial charge >= 0.3 is 0 Å². The van der Waals surface area contributed by atoms with Crippen molar-refractivity contribution in [2.24, 2.45) is 0 Å². The van der Waals surface area contributed by atoms with Crippen LogP contribution in [0.5, 0.6) is 5.75 Å². The second kappa shape index (κ2) is 6.31. The van der Waals surface area contributed by atoms with Gasteiger partial charge in [0, 0.05) is 37.9 Å². The monoisotopic (exact) mass is 313 g/mol. The average molecular weight is 313 g/mol. The fourth-order valence-corrected chi connectivity index (χ4v) is 2.94. The number of piperazine rings is 1. The van der Waals surface area contributed by atoms with Gasteiger partial charge in [-0.05, 0) is 12.1 Å². The summed E-state index contributed by atoms with van der Waals surface area (Å²) < 4.78 is 29.5. The predicted octanol–water partition coefficient (Wildman–Crippen LogP) is -0.249. The van der Waals surface area contributed by atoms with Crippen molar-refractivity contribution in [2.75, 3.05) is 44.8 Å². The van der Waals surface area contributed by atoms with E-state index < -0.39 is 10.0 Å². The SMILES string of the molecule is CS(=O)(=O)N1CCN(C(=O)COc2cccc(N)c2)CC1. The molecule has 7 nitrogen and oxygen atoms in total. The molecule has 2 rings (SSSR count). The summed E-state index contributed by atoms with van der Waals surface area (Å²) in [6.45, 7) is 1.33. The Morgan fingerprint density at radius 1 is 1.29 bits per heavy atom. The number of amides is 1. The van der Waals surface area contributed by atoms with E-state index in [2.05, 4.69) is 0 Å². The van der Waals surface area contributed by atoms with Crippen molar-refractivity contribution in [1.29, 1.82) is 0 Å².